The van der Waals surface area contributed by atoms with E-state index < -0.39 is 0 Å². The Morgan fingerprint density at radius 2 is 1.67 bits per heavy atom. The number of carbonyl (C=O) groups excluding carboxylic acids is 1. The summed E-state index contributed by atoms with van der Waals surface area (Å²) in [5.74, 6) is 6.58. The molecule has 0 atom stereocenters. The smallest absolute Gasteiger partial charge is 0.311 e. The molecule has 33 heavy (non-hydrogen) atoms. The number of benzene rings is 2. The maximum Gasteiger partial charge on any atom is 0.311 e. The molecule has 2 aromatic carbocycles. The molecular formula is C24H34ClN3O4S. The monoisotopic (exact) mass is 495 g/mol. The van der Waals surface area contributed by atoms with Crippen LogP contribution >= 0.6 is 24.2 Å². The summed E-state index contributed by atoms with van der Waals surface area (Å²) in [6, 6.07) is 13.3. The Bertz CT molecular complexity index is 994. The number of H-pyrrole nitrogens is 1. The third kappa shape index (κ3) is 8.72. The van der Waals surface area contributed by atoms with E-state index in [1.165, 1.54) is 0 Å². The predicted molar refractivity (Wildman–Crippen MR) is 139 cm³/mol. The molecule has 7 nitrogen and oxygen atoms in total. The van der Waals surface area contributed by atoms with Gasteiger partial charge in [0.1, 0.15) is 11.5 Å². The van der Waals surface area contributed by atoms with Gasteiger partial charge in [0.05, 0.1) is 27.2 Å². The minimum absolute atomic E-state index is 0. The van der Waals surface area contributed by atoms with E-state index in [-0.39, 0.29) is 29.5 Å². The minimum Gasteiger partial charge on any atom is -0.497 e. The summed E-state index contributed by atoms with van der Waals surface area (Å²) in [5.41, 5.74) is 5.31. The summed E-state index contributed by atoms with van der Waals surface area (Å²) < 4.78 is 15.4. The highest BCUT2D eigenvalue weighted by molar-refractivity contribution is 8.00. The van der Waals surface area contributed by atoms with Crippen molar-refractivity contribution < 1.29 is 19.0 Å². The first-order valence-corrected chi connectivity index (χ1v) is 11.2. The van der Waals surface area contributed by atoms with Gasteiger partial charge in [-0.15, -0.1) is 24.2 Å². The van der Waals surface area contributed by atoms with Crippen LogP contribution < -0.4 is 20.7 Å². The number of methoxy groups -OCH3 is 2. The maximum atomic E-state index is 11.9. The Balaban J connectivity index is 0.000000417. The van der Waals surface area contributed by atoms with Crippen molar-refractivity contribution in [2.45, 2.75) is 43.8 Å². The number of fused-ring (bicyclic) bond motifs is 1. The van der Waals surface area contributed by atoms with E-state index in [1.807, 2.05) is 49.4 Å². The van der Waals surface area contributed by atoms with Gasteiger partial charge in [0.25, 0.3) is 0 Å². The van der Waals surface area contributed by atoms with Crippen molar-refractivity contribution in [3.63, 3.8) is 0 Å². The fraction of sp³-hybridized carbons (Fsp3) is 0.375. The number of esters is 1. The Morgan fingerprint density at radius 1 is 1.06 bits per heavy atom. The number of halogens is 1. The predicted octanol–water partition coefficient (Wildman–Crippen LogP) is 5.58. The van der Waals surface area contributed by atoms with E-state index in [0.29, 0.717) is 6.61 Å². The summed E-state index contributed by atoms with van der Waals surface area (Å²) in [5, 5.41) is 1.08. The van der Waals surface area contributed by atoms with Gasteiger partial charge in [0.15, 0.2) is 0 Å². The molecule has 3 rings (SSSR count). The van der Waals surface area contributed by atoms with Gasteiger partial charge in [-0.05, 0) is 49.4 Å². The fourth-order valence-electron chi connectivity index (χ4n) is 2.92. The summed E-state index contributed by atoms with van der Waals surface area (Å²) in [4.78, 5) is 16.3. The Morgan fingerprint density at radius 3 is 2.18 bits per heavy atom. The van der Waals surface area contributed by atoms with Gasteiger partial charge in [0, 0.05) is 31.9 Å². The molecule has 9 heteroatoms. The van der Waals surface area contributed by atoms with Crippen LogP contribution in [0.25, 0.3) is 10.9 Å². The van der Waals surface area contributed by atoms with E-state index in [9.17, 15) is 4.79 Å². The van der Waals surface area contributed by atoms with Gasteiger partial charge >= 0.3 is 5.97 Å². The summed E-state index contributed by atoms with van der Waals surface area (Å²) in [6.45, 7) is 8.69. The van der Waals surface area contributed by atoms with E-state index >= 15 is 0 Å². The van der Waals surface area contributed by atoms with Crippen LogP contribution in [0, 0.1) is 0 Å². The number of aromatic nitrogens is 1. The average Bonchev–Trinajstić information content (AvgIpc) is 3.09. The number of nitrogens with one attached hydrogen (secondary N) is 2. The lowest BCUT2D eigenvalue weighted by atomic mass is 10.2. The first-order chi connectivity index (χ1) is 15.2. The Kier molecular flexibility index (Phi) is 11.4. The third-order valence-electron chi connectivity index (χ3n) is 4.32. The minimum atomic E-state index is -0.211. The standard InChI is InChI=1S/C17H23NO3S.C7H10N2O.ClH/c1-6-21-15(19)10-14-16(22-17(2,3)4)12-9-11(20-5)7-8-13(12)18-14;1-10-7-4-2-6(9-8)3-5-7;/h7-9,18H,6,10H2,1-5H3;2-5,9H,8H2,1H3;1H. The zero-order chi connectivity index (χ0) is 23.7. The normalized spacial score (nSPS) is 10.5. The lowest BCUT2D eigenvalue weighted by Gasteiger charge is -2.18. The van der Waals surface area contributed by atoms with Gasteiger partial charge in [-0.1, -0.05) is 20.8 Å². The molecule has 0 radical (unpaired) electrons. The molecule has 1 aromatic heterocycles. The topological polar surface area (TPSA) is 98.6 Å². The molecule has 0 aliphatic rings. The molecule has 0 spiro atoms. The van der Waals surface area contributed by atoms with Crippen molar-refractivity contribution in [3.8, 4) is 11.5 Å². The fourth-order valence-corrected chi connectivity index (χ4v) is 4.06. The number of thioether (sulfide) groups is 1. The zero-order valence-electron chi connectivity index (χ0n) is 20.0. The average molecular weight is 496 g/mol. The van der Waals surface area contributed by atoms with Gasteiger partial charge in [0.2, 0.25) is 0 Å². The van der Waals surface area contributed by atoms with Gasteiger partial charge in [-0.2, -0.15) is 0 Å². The van der Waals surface area contributed by atoms with Crippen molar-refractivity contribution in [2.75, 3.05) is 26.3 Å². The zero-order valence-corrected chi connectivity index (χ0v) is 21.6. The van der Waals surface area contributed by atoms with Crippen molar-refractivity contribution in [1.82, 2.24) is 4.98 Å². The van der Waals surface area contributed by atoms with Crippen LogP contribution in [0.2, 0.25) is 0 Å². The van der Waals surface area contributed by atoms with E-state index in [4.69, 9.17) is 20.1 Å². The number of rotatable bonds is 7. The van der Waals surface area contributed by atoms with Crippen molar-refractivity contribution in [3.05, 3.63) is 48.2 Å². The van der Waals surface area contributed by atoms with E-state index in [1.54, 1.807) is 26.0 Å². The largest absolute Gasteiger partial charge is 0.497 e. The van der Waals surface area contributed by atoms with Crippen LogP contribution in [0.1, 0.15) is 33.4 Å². The number of hydrazine groups is 1. The number of aromatic amines is 1. The summed E-state index contributed by atoms with van der Waals surface area (Å²) >= 11 is 1.75. The molecule has 4 N–H and O–H groups in total. The number of ether oxygens (including phenoxy) is 3. The number of hydrogen-bond acceptors (Lipinski definition) is 7. The number of nitrogens with two attached hydrogens (primary N) is 1. The molecular weight excluding hydrogens is 462 g/mol. The first-order valence-electron chi connectivity index (χ1n) is 10.3. The highest BCUT2D eigenvalue weighted by atomic mass is 35.5. The van der Waals surface area contributed by atoms with Gasteiger partial charge in [-0.25, -0.2) is 0 Å². The quantitative estimate of drug-likeness (QED) is 0.170. The lowest BCUT2D eigenvalue weighted by molar-refractivity contribution is -0.142. The van der Waals surface area contributed by atoms with Gasteiger partial charge in [-0.3, -0.25) is 10.6 Å². The number of hydrogen-bond donors (Lipinski definition) is 3. The van der Waals surface area contributed by atoms with Crippen LogP contribution in [0.4, 0.5) is 5.69 Å². The molecule has 0 saturated carbocycles. The molecule has 0 unspecified atom stereocenters. The second kappa shape index (κ2) is 13.2. The highest BCUT2D eigenvalue weighted by Crippen LogP contribution is 2.40. The van der Waals surface area contributed by atoms with E-state index in [0.717, 1.165) is 38.7 Å². The molecule has 0 aliphatic heterocycles. The second-order valence-corrected chi connectivity index (χ2v) is 9.75. The van der Waals surface area contributed by atoms with Crippen molar-refractivity contribution >= 4 is 46.7 Å². The Hall–Kier alpha value is -2.55. The highest BCUT2D eigenvalue weighted by Gasteiger charge is 2.21. The molecule has 0 fully saturated rings. The molecule has 0 amide bonds. The molecule has 0 bridgehead atoms. The van der Waals surface area contributed by atoms with Crippen LogP contribution in [0.5, 0.6) is 11.5 Å². The second-order valence-electron chi connectivity index (χ2n) is 7.91. The van der Waals surface area contributed by atoms with Crippen molar-refractivity contribution in [2.24, 2.45) is 5.84 Å². The summed E-state index contributed by atoms with van der Waals surface area (Å²) in [6.07, 6.45) is 0.253. The third-order valence-corrected chi connectivity index (χ3v) is 5.61. The Labute approximate surface area is 206 Å². The summed E-state index contributed by atoms with van der Waals surface area (Å²) in [7, 11) is 3.29. The van der Waals surface area contributed by atoms with Crippen LogP contribution in [-0.4, -0.2) is 36.5 Å². The number of nitrogen functional groups attached to an aromatic ring is 1. The lowest BCUT2D eigenvalue weighted by Crippen LogP contribution is -2.11. The molecule has 3 aromatic rings. The molecule has 1 heterocycles. The van der Waals surface area contributed by atoms with Crippen molar-refractivity contribution in [1.29, 1.82) is 0 Å². The number of anilines is 1. The maximum absolute atomic E-state index is 11.9. The van der Waals surface area contributed by atoms with Gasteiger partial charge < -0.3 is 24.6 Å². The van der Waals surface area contributed by atoms with Crippen LogP contribution in [-0.2, 0) is 16.0 Å². The van der Waals surface area contributed by atoms with E-state index in [2.05, 4.69) is 31.2 Å². The number of carbonyl (C=O) groups is 1. The SMILES string of the molecule is CCOC(=O)Cc1[nH]c2ccc(OC)cc2c1SC(C)(C)C.COc1ccc(NN)cc1.Cl. The molecule has 0 saturated heterocycles. The van der Waals surface area contributed by atoms with Crippen LogP contribution in [0.3, 0.4) is 0 Å². The molecule has 0 aliphatic carbocycles. The molecule has 182 valence electrons. The first kappa shape index (κ1) is 28.5. The van der Waals surface area contributed by atoms with Crippen LogP contribution in [0.15, 0.2) is 47.4 Å².